The van der Waals surface area contributed by atoms with E-state index in [1.165, 1.54) is 12.1 Å². The average Bonchev–Trinajstić information content (AvgIpc) is 2.77. The van der Waals surface area contributed by atoms with Crippen molar-refractivity contribution >= 4 is 6.08 Å². The van der Waals surface area contributed by atoms with Gasteiger partial charge in [0.15, 0.2) is 11.6 Å². The van der Waals surface area contributed by atoms with Gasteiger partial charge in [0, 0.05) is 0 Å². The van der Waals surface area contributed by atoms with Crippen LogP contribution in [-0.4, -0.2) is 34.6 Å². The van der Waals surface area contributed by atoms with Gasteiger partial charge in [0.05, 0.1) is 12.7 Å². The molecule has 2 aromatic carbocycles. The van der Waals surface area contributed by atoms with Gasteiger partial charge in [-0.15, -0.1) is 0 Å². The molecule has 3 N–H and O–H groups in total. The van der Waals surface area contributed by atoms with Gasteiger partial charge in [-0.3, -0.25) is 0 Å². The van der Waals surface area contributed by atoms with Crippen LogP contribution in [0.4, 0.5) is 4.39 Å². The van der Waals surface area contributed by atoms with Crippen LogP contribution in [-0.2, 0) is 0 Å². The van der Waals surface area contributed by atoms with Crippen LogP contribution >= 0.6 is 0 Å². The SMILES string of the molecule is C=C(COc1ccccc1)/C(=C/CO)C(O)CC/C(=C/c1ccc(O)c(F)c1)CCC. The molecule has 0 aliphatic heterocycles. The molecule has 0 aromatic heterocycles. The minimum Gasteiger partial charge on any atom is -0.505 e. The van der Waals surface area contributed by atoms with E-state index in [-0.39, 0.29) is 19.0 Å². The molecule has 0 spiro atoms. The third-order valence-electron chi connectivity index (χ3n) is 4.89. The Morgan fingerprint density at radius 2 is 1.90 bits per heavy atom. The zero-order chi connectivity index (χ0) is 22.6. The van der Waals surface area contributed by atoms with Gasteiger partial charge in [-0.1, -0.05) is 61.9 Å². The van der Waals surface area contributed by atoms with Crippen molar-refractivity contribution in [3.05, 3.63) is 89.3 Å². The van der Waals surface area contributed by atoms with E-state index in [0.717, 1.165) is 18.4 Å². The molecule has 1 unspecified atom stereocenters. The van der Waals surface area contributed by atoms with E-state index in [9.17, 15) is 19.7 Å². The summed E-state index contributed by atoms with van der Waals surface area (Å²) >= 11 is 0. The lowest BCUT2D eigenvalue weighted by Crippen LogP contribution is -2.16. The average molecular weight is 427 g/mol. The van der Waals surface area contributed by atoms with Crippen molar-refractivity contribution < 1.29 is 24.4 Å². The maximum absolute atomic E-state index is 13.6. The third-order valence-corrected chi connectivity index (χ3v) is 4.89. The van der Waals surface area contributed by atoms with Crippen molar-refractivity contribution in [2.24, 2.45) is 0 Å². The molecule has 166 valence electrons. The van der Waals surface area contributed by atoms with Gasteiger partial charge in [-0.2, -0.15) is 0 Å². The van der Waals surface area contributed by atoms with Crippen molar-refractivity contribution in [3.8, 4) is 11.5 Å². The highest BCUT2D eigenvalue weighted by Crippen LogP contribution is 2.25. The Kier molecular flexibility index (Phi) is 10.0. The zero-order valence-electron chi connectivity index (χ0n) is 17.9. The van der Waals surface area contributed by atoms with E-state index < -0.39 is 11.9 Å². The van der Waals surface area contributed by atoms with Crippen LogP contribution in [0.1, 0.15) is 38.2 Å². The molecule has 0 amide bonds. The summed E-state index contributed by atoms with van der Waals surface area (Å²) < 4.78 is 19.3. The molecular weight excluding hydrogens is 395 g/mol. The Bertz CT molecular complexity index is 903. The minimum absolute atomic E-state index is 0.206. The van der Waals surface area contributed by atoms with Gasteiger partial charge in [0.1, 0.15) is 12.4 Å². The van der Waals surface area contributed by atoms with Gasteiger partial charge < -0.3 is 20.1 Å². The van der Waals surface area contributed by atoms with Crippen molar-refractivity contribution in [1.29, 1.82) is 0 Å². The van der Waals surface area contributed by atoms with Crippen molar-refractivity contribution in [2.45, 2.75) is 38.7 Å². The lowest BCUT2D eigenvalue weighted by Gasteiger charge is -2.19. The number of aromatic hydroxyl groups is 1. The molecule has 0 saturated carbocycles. The molecule has 0 fully saturated rings. The Morgan fingerprint density at radius 3 is 2.55 bits per heavy atom. The molecule has 2 rings (SSSR count). The highest BCUT2D eigenvalue weighted by Gasteiger charge is 2.15. The summed E-state index contributed by atoms with van der Waals surface area (Å²) in [7, 11) is 0. The second-order valence-corrected chi connectivity index (χ2v) is 7.37. The second-order valence-electron chi connectivity index (χ2n) is 7.37. The largest absolute Gasteiger partial charge is 0.505 e. The number of hydrogen-bond donors (Lipinski definition) is 3. The van der Waals surface area contributed by atoms with Crippen LogP contribution in [0, 0.1) is 5.82 Å². The number of benzene rings is 2. The molecule has 0 radical (unpaired) electrons. The topological polar surface area (TPSA) is 69.9 Å². The number of ether oxygens (including phenoxy) is 1. The number of para-hydroxylation sites is 1. The highest BCUT2D eigenvalue weighted by atomic mass is 19.1. The zero-order valence-corrected chi connectivity index (χ0v) is 17.9. The fourth-order valence-electron chi connectivity index (χ4n) is 3.30. The Morgan fingerprint density at radius 1 is 1.16 bits per heavy atom. The molecule has 4 nitrogen and oxygen atoms in total. The number of aliphatic hydroxyl groups is 2. The first-order chi connectivity index (χ1) is 14.9. The van der Waals surface area contributed by atoms with E-state index >= 15 is 0 Å². The summed E-state index contributed by atoms with van der Waals surface area (Å²) in [6, 6.07) is 13.6. The van der Waals surface area contributed by atoms with Gasteiger partial charge >= 0.3 is 0 Å². The van der Waals surface area contributed by atoms with Gasteiger partial charge in [-0.25, -0.2) is 4.39 Å². The summed E-state index contributed by atoms with van der Waals surface area (Å²) in [6.45, 7) is 6.07. The fourth-order valence-corrected chi connectivity index (χ4v) is 3.30. The molecule has 0 aliphatic carbocycles. The number of rotatable bonds is 12. The molecule has 0 aliphatic rings. The van der Waals surface area contributed by atoms with Crippen molar-refractivity contribution in [3.63, 3.8) is 0 Å². The predicted octanol–water partition coefficient (Wildman–Crippen LogP) is 5.41. The quantitative estimate of drug-likeness (QED) is 0.397. The summed E-state index contributed by atoms with van der Waals surface area (Å²) in [4.78, 5) is 0. The summed E-state index contributed by atoms with van der Waals surface area (Å²) in [5.41, 5.74) is 2.90. The molecule has 1 atom stereocenters. The van der Waals surface area contributed by atoms with Crippen LogP contribution in [0.2, 0.25) is 0 Å². The van der Waals surface area contributed by atoms with Crippen molar-refractivity contribution in [2.75, 3.05) is 13.2 Å². The first-order valence-electron chi connectivity index (χ1n) is 10.5. The monoisotopic (exact) mass is 426 g/mol. The highest BCUT2D eigenvalue weighted by molar-refractivity contribution is 5.54. The molecular formula is C26H31FO4. The standard InChI is InChI=1S/C26H31FO4/c1-3-7-20(16-21-11-13-26(30)24(27)17-21)10-12-25(29)23(14-15-28)19(2)18-31-22-8-5-4-6-9-22/h4-6,8-9,11,13-14,16-17,25,28-30H,2-3,7,10,12,15,18H2,1H3/b20-16+,23-14-. The van der Waals surface area contributed by atoms with Crippen LogP contribution in [0.5, 0.6) is 11.5 Å². The van der Waals surface area contributed by atoms with E-state index in [4.69, 9.17) is 4.74 Å². The number of phenolic OH excluding ortho intramolecular Hbond substituents is 1. The summed E-state index contributed by atoms with van der Waals surface area (Å²) in [5, 5.41) is 29.5. The number of hydrogen-bond acceptors (Lipinski definition) is 4. The smallest absolute Gasteiger partial charge is 0.165 e. The van der Waals surface area contributed by atoms with E-state index in [1.54, 1.807) is 12.1 Å². The lowest BCUT2D eigenvalue weighted by molar-refractivity contribution is 0.198. The maximum atomic E-state index is 13.6. The van der Waals surface area contributed by atoms with Crippen LogP contribution in [0.15, 0.2) is 77.9 Å². The van der Waals surface area contributed by atoms with E-state index in [2.05, 4.69) is 13.5 Å². The number of phenols is 1. The minimum atomic E-state index is -0.809. The molecule has 0 heterocycles. The second kappa shape index (κ2) is 12.7. The van der Waals surface area contributed by atoms with E-state index in [1.807, 2.05) is 36.4 Å². The Labute approximate surface area is 183 Å². The van der Waals surface area contributed by atoms with Crippen LogP contribution < -0.4 is 4.74 Å². The number of allylic oxidation sites excluding steroid dienone is 1. The summed E-state index contributed by atoms with van der Waals surface area (Å²) in [6.07, 6.45) is 5.40. The molecule has 0 saturated heterocycles. The first kappa shape index (κ1) is 24.4. The predicted molar refractivity (Wildman–Crippen MR) is 122 cm³/mol. The summed E-state index contributed by atoms with van der Waals surface area (Å²) in [5.74, 6) is -0.331. The molecule has 2 aromatic rings. The van der Waals surface area contributed by atoms with Crippen LogP contribution in [0.3, 0.4) is 0 Å². The Hall–Kier alpha value is -2.89. The Balaban J connectivity index is 2.03. The van der Waals surface area contributed by atoms with E-state index in [0.29, 0.717) is 35.3 Å². The first-order valence-corrected chi connectivity index (χ1v) is 10.5. The molecule has 5 heteroatoms. The van der Waals surface area contributed by atoms with Gasteiger partial charge in [0.25, 0.3) is 0 Å². The molecule has 31 heavy (non-hydrogen) atoms. The van der Waals surface area contributed by atoms with Gasteiger partial charge in [-0.05, 0) is 60.2 Å². The van der Waals surface area contributed by atoms with Crippen molar-refractivity contribution in [1.82, 2.24) is 0 Å². The van der Waals surface area contributed by atoms with Gasteiger partial charge in [0.2, 0.25) is 0 Å². The number of aliphatic hydroxyl groups excluding tert-OH is 2. The number of halogens is 1. The lowest BCUT2D eigenvalue weighted by atomic mass is 9.94. The third kappa shape index (κ3) is 8.04. The fraction of sp³-hybridized carbons (Fsp3) is 0.308. The molecule has 0 bridgehead atoms. The normalized spacial score (nSPS) is 13.2. The van der Waals surface area contributed by atoms with Crippen LogP contribution in [0.25, 0.3) is 6.08 Å². The maximum Gasteiger partial charge on any atom is 0.165 e.